The Labute approximate surface area is 123 Å². The minimum Gasteiger partial charge on any atom is -0.480 e. The van der Waals surface area contributed by atoms with Crippen LogP contribution in [0.2, 0.25) is 0 Å². The first-order valence-corrected chi connectivity index (χ1v) is 7.02. The van der Waals surface area contributed by atoms with Gasteiger partial charge in [-0.1, -0.05) is 6.92 Å². The van der Waals surface area contributed by atoms with Gasteiger partial charge < -0.3 is 15.3 Å². The third-order valence-corrected chi connectivity index (χ3v) is 3.50. The van der Waals surface area contributed by atoms with Crippen molar-refractivity contribution >= 4 is 17.7 Å². The molecule has 0 spiro atoms. The normalized spacial score (nSPS) is 16.0. The fourth-order valence-corrected chi connectivity index (χ4v) is 2.39. The summed E-state index contributed by atoms with van der Waals surface area (Å²) in [5.74, 6) is -0.837. The molecular formula is C13H21N5O3. The molecule has 0 atom stereocenters. The van der Waals surface area contributed by atoms with Gasteiger partial charge in [0.15, 0.2) is 0 Å². The Hall–Kier alpha value is -2.09. The number of aromatic nitrogens is 2. The standard InChI is InChI=1S/C13H21N5O3/c1-3-10-11(8-16(2)15-10)14-13(21)18-6-4-17(5-7-18)9-12(19)20/h8H,3-7,9H2,1-2H3,(H,14,21)(H,19,20). The minimum atomic E-state index is -0.837. The van der Waals surface area contributed by atoms with Crippen LogP contribution in [-0.2, 0) is 18.3 Å². The highest BCUT2D eigenvalue weighted by Gasteiger charge is 2.23. The molecule has 2 heterocycles. The summed E-state index contributed by atoms with van der Waals surface area (Å²) in [6.45, 7) is 4.23. The summed E-state index contributed by atoms with van der Waals surface area (Å²) in [5.41, 5.74) is 1.59. The number of urea groups is 1. The second-order valence-electron chi connectivity index (χ2n) is 5.10. The van der Waals surface area contributed by atoms with Gasteiger partial charge in [0.25, 0.3) is 0 Å². The fourth-order valence-electron chi connectivity index (χ4n) is 2.39. The van der Waals surface area contributed by atoms with Crippen LogP contribution in [0.1, 0.15) is 12.6 Å². The van der Waals surface area contributed by atoms with Crippen molar-refractivity contribution in [3.05, 3.63) is 11.9 Å². The number of anilines is 1. The van der Waals surface area contributed by atoms with Gasteiger partial charge in [-0.25, -0.2) is 4.79 Å². The number of hydrogen-bond acceptors (Lipinski definition) is 4. The van der Waals surface area contributed by atoms with Crippen molar-refractivity contribution in [2.45, 2.75) is 13.3 Å². The van der Waals surface area contributed by atoms with Crippen molar-refractivity contribution < 1.29 is 14.7 Å². The topological polar surface area (TPSA) is 90.7 Å². The summed E-state index contributed by atoms with van der Waals surface area (Å²) in [4.78, 5) is 26.4. The van der Waals surface area contributed by atoms with E-state index in [1.54, 1.807) is 15.8 Å². The van der Waals surface area contributed by atoms with Crippen molar-refractivity contribution in [3.63, 3.8) is 0 Å². The molecule has 8 heteroatoms. The molecule has 1 aliphatic heterocycles. The molecule has 0 aromatic carbocycles. The van der Waals surface area contributed by atoms with Gasteiger partial charge in [0.2, 0.25) is 0 Å². The molecule has 1 saturated heterocycles. The zero-order valence-corrected chi connectivity index (χ0v) is 12.4. The van der Waals surface area contributed by atoms with Crippen molar-refractivity contribution in [1.82, 2.24) is 19.6 Å². The third-order valence-electron chi connectivity index (χ3n) is 3.50. The number of carbonyl (C=O) groups is 2. The maximum atomic E-state index is 12.2. The van der Waals surface area contributed by atoms with E-state index in [9.17, 15) is 9.59 Å². The number of piperazine rings is 1. The molecule has 0 aliphatic carbocycles. The van der Waals surface area contributed by atoms with E-state index in [2.05, 4.69) is 10.4 Å². The van der Waals surface area contributed by atoms with Crippen LogP contribution in [-0.4, -0.2) is 69.4 Å². The van der Waals surface area contributed by atoms with Crippen LogP contribution < -0.4 is 5.32 Å². The van der Waals surface area contributed by atoms with E-state index >= 15 is 0 Å². The van der Waals surface area contributed by atoms with Gasteiger partial charge in [0.05, 0.1) is 17.9 Å². The molecule has 8 nitrogen and oxygen atoms in total. The lowest BCUT2D eigenvalue weighted by atomic mass is 10.3. The number of amides is 2. The van der Waals surface area contributed by atoms with Crippen LogP contribution in [0.15, 0.2) is 6.20 Å². The second-order valence-corrected chi connectivity index (χ2v) is 5.10. The first kappa shape index (κ1) is 15.3. The molecule has 1 aliphatic rings. The van der Waals surface area contributed by atoms with Gasteiger partial charge >= 0.3 is 12.0 Å². The van der Waals surface area contributed by atoms with E-state index in [-0.39, 0.29) is 12.6 Å². The maximum absolute atomic E-state index is 12.2. The number of aryl methyl sites for hydroxylation is 2. The number of carbonyl (C=O) groups excluding carboxylic acids is 1. The van der Waals surface area contributed by atoms with E-state index in [1.165, 1.54) is 0 Å². The second kappa shape index (κ2) is 6.57. The van der Waals surface area contributed by atoms with Crippen LogP contribution in [0.3, 0.4) is 0 Å². The molecular weight excluding hydrogens is 274 g/mol. The molecule has 2 rings (SSSR count). The molecule has 116 valence electrons. The monoisotopic (exact) mass is 295 g/mol. The number of nitrogens with one attached hydrogen (secondary N) is 1. The molecule has 0 bridgehead atoms. The van der Waals surface area contributed by atoms with Gasteiger partial charge in [-0.3, -0.25) is 14.4 Å². The highest BCUT2D eigenvalue weighted by Crippen LogP contribution is 2.15. The van der Waals surface area contributed by atoms with Gasteiger partial charge in [-0.05, 0) is 6.42 Å². The smallest absolute Gasteiger partial charge is 0.322 e. The summed E-state index contributed by atoms with van der Waals surface area (Å²) >= 11 is 0. The van der Waals surface area contributed by atoms with Crippen molar-refractivity contribution in [2.24, 2.45) is 7.05 Å². The summed E-state index contributed by atoms with van der Waals surface area (Å²) < 4.78 is 1.68. The number of carboxylic acids is 1. The molecule has 0 unspecified atom stereocenters. The third kappa shape index (κ3) is 3.94. The van der Waals surface area contributed by atoms with Crippen molar-refractivity contribution in [2.75, 3.05) is 38.0 Å². The molecule has 1 aromatic heterocycles. The maximum Gasteiger partial charge on any atom is 0.322 e. The van der Waals surface area contributed by atoms with Crippen molar-refractivity contribution in [3.8, 4) is 0 Å². The molecule has 21 heavy (non-hydrogen) atoms. The highest BCUT2D eigenvalue weighted by atomic mass is 16.4. The molecule has 2 amide bonds. The van der Waals surface area contributed by atoms with E-state index in [0.717, 1.165) is 17.8 Å². The summed E-state index contributed by atoms with van der Waals surface area (Å²) in [6, 6.07) is -0.160. The van der Waals surface area contributed by atoms with Gasteiger partial charge in [0, 0.05) is 39.4 Å². The molecule has 2 N–H and O–H groups in total. The summed E-state index contributed by atoms with van der Waals surface area (Å²) in [5, 5.41) is 15.9. The number of carboxylic acid groups (broad SMARTS) is 1. The molecule has 1 aromatic rings. The Morgan fingerprint density at radius 3 is 2.57 bits per heavy atom. The average molecular weight is 295 g/mol. The van der Waals surface area contributed by atoms with Crippen LogP contribution in [0.5, 0.6) is 0 Å². The number of nitrogens with zero attached hydrogens (tertiary/aromatic N) is 4. The zero-order valence-electron chi connectivity index (χ0n) is 12.4. The lowest BCUT2D eigenvalue weighted by molar-refractivity contribution is -0.138. The van der Waals surface area contributed by atoms with Gasteiger partial charge in [0.1, 0.15) is 0 Å². The summed E-state index contributed by atoms with van der Waals surface area (Å²) in [6.07, 6.45) is 2.54. The molecule has 0 saturated carbocycles. The highest BCUT2D eigenvalue weighted by molar-refractivity contribution is 5.89. The number of aliphatic carboxylic acids is 1. The van der Waals surface area contributed by atoms with Crippen LogP contribution >= 0.6 is 0 Å². The first-order valence-electron chi connectivity index (χ1n) is 7.02. The molecule has 0 radical (unpaired) electrons. The van der Waals surface area contributed by atoms with E-state index in [1.807, 2.05) is 18.9 Å². The lowest BCUT2D eigenvalue weighted by Gasteiger charge is -2.33. The fraction of sp³-hybridized carbons (Fsp3) is 0.615. The van der Waals surface area contributed by atoms with Crippen LogP contribution in [0.25, 0.3) is 0 Å². The van der Waals surface area contributed by atoms with Gasteiger partial charge in [-0.2, -0.15) is 5.10 Å². The predicted molar refractivity (Wildman–Crippen MR) is 77.3 cm³/mol. The van der Waals surface area contributed by atoms with E-state index in [0.29, 0.717) is 26.2 Å². The zero-order chi connectivity index (χ0) is 15.4. The van der Waals surface area contributed by atoms with Crippen LogP contribution in [0.4, 0.5) is 10.5 Å². The number of hydrogen-bond donors (Lipinski definition) is 2. The average Bonchev–Trinajstić information content (AvgIpc) is 2.78. The first-order chi connectivity index (χ1) is 9.99. The molecule has 1 fully saturated rings. The van der Waals surface area contributed by atoms with Crippen molar-refractivity contribution in [1.29, 1.82) is 0 Å². The Morgan fingerprint density at radius 2 is 2.00 bits per heavy atom. The van der Waals surface area contributed by atoms with E-state index < -0.39 is 5.97 Å². The Bertz CT molecular complexity index is 520. The van der Waals surface area contributed by atoms with E-state index in [4.69, 9.17) is 5.11 Å². The predicted octanol–water partition coefficient (Wildman–Crippen LogP) is 0.217. The SMILES string of the molecule is CCc1nn(C)cc1NC(=O)N1CCN(CC(=O)O)CC1. The van der Waals surface area contributed by atoms with Gasteiger partial charge in [-0.15, -0.1) is 0 Å². The summed E-state index contributed by atoms with van der Waals surface area (Å²) in [7, 11) is 1.82. The lowest BCUT2D eigenvalue weighted by Crippen LogP contribution is -2.51. The largest absolute Gasteiger partial charge is 0.480 e. The quantitative estimate of drug-likeness (QED) is 0.829. The Balaban J connectivity index is 1.88. The van der Waals surface area contributed by atoms with Crippen LogP contribution in [0, 0.1) is 0 Å². The Kier molecular flexibility index (Phi) is 4.79. The Morgan fingerprint density at radius 1 is 1.33 bits per heavy atom. The minimum absolute atomic E-state index is 0.0258. The number of rotatable bonds is 4.